The summed E-state index contributed by atoms with van der Waals surface area (Å²) in [5.41, 5.74) is 0. The molecule has 14 heavy (non-hydrogen) atoms. The third-order valence-corrected chi connectivity index (χ3v) is 3.44. The minimum absolute atomic E-state index is 0.123. The van der Waals surface area contributed by atoms with Crippen molar-refractivity contribution in [3.8, 4) is 0 Å². The largest absolute Gasteiger partial charge is 0.492 e. The second-order valence-corrected chi connectivity index (χ2v) is 5.92. The van der Waals surface area contributed by atoms with Crippen molar-refractivity contribution in [3.05, 3.63) is 0 Å². The summed E-state index contributed by atoms with van der Waals surface area (Å²) in [4.78, 5) is 26.2. The number of nitrogens with one attached hydrogen (secondary N) is 2. The highest BCUT2D eigenvalue weighted by Crippen LogP contribution is 2.03. The molecule has 1 fully saturated rings. The molecule has 0 bridgehead atoms. The van der Waals surface area contributed by atoms with Crippen LogP contribution in [0, 0.1) is 0 Å². The lowest BCUT2D eigenvalue weighted by molar-refractivity contribution is 0.226. The molecule has 1 aliphatic rings. The van der Waals surface area contributed by atoms with Crippen LogP contribution in [0.2, 0.25) is 6.04 Å². The Morgan fingerprint density at radius 2 is 2.14 bits per heavy atom. The van der Waals surface area contributed by atoms with Gasteiger partial charge in [0.1, 0.15) is 0 Å². The zero-order valence-corrected chi connectivity index (χ0v) is 9.37. The third-order valence-electron chi connectivity index (χ3n) is 2.42. The molecule has 0 amide bonds. The highest BCUT2D eigenvalue weighted by molar-refractivity contribution is 6.56. The molecule has 1 aliphatic heterocycles. The first kappa shape index (κ1) is 12.1. The van der Waals surface area contributed by atoms with Crippen LogP contribution in [0.1, 0.15) is 19.3 Å². The van der Waals surface area contributed by atoms with Crippen molar-refractivity contribution in [2.24, 2.45) is 0 Å². The van der Waals surface area contributed by atoms with E-state index in [1.54, 1.807) is 0 Å². The van der Waals surface area contributed by atoms with Gasteiger partial charge in [-0.15, -0.1) is 0 Å². The third kappa shape index (κ3) is 5.69. The van der Waals surface area contributed by atoms with Gasteiger partial charge < -0.3 is 25.0 Å². The molecule has 0 saturated carbocycles. The summed E-state index contributed by atoms with van der Waals surface area (Å²) in [6, 6.07) is 0.687. The van der Waals surface area contributed by atoms with E-state index in [0.717, 1.165) is 19.6 Å². The molecule has 5 nitrogen and oxygen atoms in total. The Hall–Kier alpha value is 0.0169. The zero-order chi connectivity index (χ0) is 10.4. The monoisotopic (exact) mass is 220 g/mol. The summed E-state index contributed by atoms with van der Waals surface area (Å²) in [7, 11) is -3.79. The summed E-state index contributed by atoms with van der Waals surface area (Å²) < 4.78 is 0. The van der Waals surface area contributed by atoms with Gasteiger partial charge >= 0.3 is 8.80 Å². The lowest BCUT2D eigenvalue weighted by atomic mass is 10.2. The van der Waals surface area contributed by atoms with Gasteiger partial charge in [-0.25, -0.2) is 0 Å². The molecule has 0 radical (unpaired) electrons. The van der Waals surface area contributed by atoms with Crippen LogP contribution in [0.5, 0.6) is 0 Å². The molecule has 0 aromatic rings. The molecule has 1 saturated heterocycles. The van der Waals surface area contributed by atoms with Crippen LogP contribution in [0.3, 0.4) is 0 Å². The van der Waals surface area contributed by atoms with Gasteiger partial charge in [-0.05, 0) is 32.4 Å². The van der Waals surface area contributed by atoms with E-state index in [0.29, 0.717) is 12.5 Å². The molecule has 1 rings (SSSR count). The first-order chi connectivity index (χ1) is 6.58. The van der Waals surface area contributed by atoms with E-state index >= 15 is 0 Å². The molecule has 5 N–H and O–H groups in total. The maximum atomic E-state index is 8.74. The van der Waals surface area contributed by atoms with Gasteiger partial charge in [0.15, 0.2) is 0 Å². The van der Waals surface area contributed by atoms with Crippen molar-refractivity contribution in [2.45, 2.75) is 31.3 Å². The molecular weight excluding hydrogens is 200 g/mol. The first-order valence-corrected chi connectivity index (χ1v) is 7.24. The maximum absolute atomic E-state index is 8.74. The second kappa shape index (κ2) is 5.79. The molecule has 84 valence electrons. The predicted molar refractivity (Wildman–Crippen MR) is 55.7 cm³/mol. The molecular formula is C8H20N2O3Si. The van der Waals surface area contributed by atoms with Crippen LogP contribution in [-0.4, -0.2) is 48.9 Å². The fourth-order valence-electron chi connectivity index (χ4n) is 1.66. The van der Waals surface area contributed by atoms with Crippen LogP contribution in [0.25, 0.3) is 0 Å². The lowest BCUT2D eigenvalue weighted by Crippen LogP contribution is -2.37. The Labute approximate surface area is 85.5 Å². The molecule has 1 heterocycles. The topological polar surface area (TPSA) is 84.8 Å². The maximum Gasteiger partial charge on any atom is 0.492 e. The van der Waals surface area contributed by atoms with E-state index in [-0.39, 0.29) is 6.04 Å². The summed E-state index contributed by atoms with van der Waals surface area (Å²) in [6.07, 6.45) is 3.07. The molecule has 0 spiro atoms. The average molecular weight is 220 g/mol. The van der Waals surface area contributed by atoms with Gasteiger partial charge in [0, 0.05) is 18.6 Å². The van der Waals surface area contributed by atoms with E-state index in [9.17, 15) is 0 Å². The highest BCUT2D eigenvalue weighted by Gasteiger charge is 2.25. The quantitative estimate of drug-likeness (QED) is 0.282. The summed E-state index contributed by atoms with van der Waals surface area (Å²) in [6.45, 7) is 2.76. The minimum atomic E-state index is -3.79. The Morgan fingerprint density at radius 3 is 2.71 bits per heavy atom. The van der Waals surface area contributed by atoms with Gasteiger partial charge in [-0.2, -0.15) is 0 Å². The van der Waals surface area contributed by atoms with Gasteiger partial charge in [0.05, 0.1) is 0 Å². The van der Waals surface area contributed by atoms with Crippen molar-refractivity contribution >= 4 is 8.80 Å². The van der Waals surface area contributed by atoms with E-state index < -0.39 is 8.80 Å². The molecule has 1 unspecified atom stereocenters. The molecule has 0 aromatic carbocycles. The van der Waals surface area contributed by atoms with E-state index in [1.807, 2.05) is 0 Å². The zero-order valence-electron chi connectivity index (χ0n) is 8.37. The van der Waals surface area contributed by atoms with E-state index in [1.165, 1.54) is 12.8 Å². The second-order valence-electron chi connectivity index (χ2n) is 3.88. The number of rotatable bonds is 6. The molecule has 0 aliphatic carbocycles. The van der Waals surface area contributed by atoms with Crippen molar-refractivity contribution in [1.29, 1.82) is 0 Å². The average Bonchev–Trinajstić information content (AvgIpc) is 2.54. The number of hydrogen-bond acceptors (Lipinski definition) is 5. The van der Waals surface area contributed by atoms with Gasteiger partial charge in [0.2, 0.25) is 0 Å². The molecule has 6 heteroatoms. The van der Waals surface area contributed by atoms with Crippen molar-refractivity contribution in [2.75, 3.05) is 19.6 Å². The fourth-order valence-corrected chi connectivity index (χ4v) is 2.31. The summed E-state index contributed by atoms with van der Waals surface area (Å²) in [5, 5.41) is 6.59. The van der Waals surface area contributed by atoms with E-state index in [2.05, 4.69) is 10.6 Å². The normalized spacial score (nSPS) is 22.9. The first-order valence-electron chi connectivity index (χ1n) is 5.19. The van der Waals surface area contributed by atoms with Crippen LogP contribution in [-0.2, 0) is 0 Å². The number of hydrogen-bond donors (Lipinski definition) is 5. The standard InChI is InChI=1S/C8H20N2O3Si/c11-14(12,13)6-2-4-9-7-8-3-1-5-10-8/h8-13H,1-7H2. The van der Waals surface area contributed by atoms with Crippen LogP contribution in [0.4, 0.5) is 0 Å². The Bertz CT molecular complexity index is 157. The summed E-state index contributed by atoms with van der Waals surface area (Å²) >= 11 is 0. The lowest BCUT2D eigenvalue weighted by Gasteiger charge is -2.12. The van der Waals surface area contributed by atoms with Gasteiger partial charge in [-0.1, -0.05) is 0 Å². The predicted octanol–water partition coefficient (Wildman–Crippen LogP) is -1.37. The van der Waals surface area contributed by atoms with Gasteiger partial charge in [0.25, 0.3) is 0 Å². The Kier molecular flexibility index (Phi) is 5.00. The van der Waals surface area contributed by atoms with Crippen molar-refractivity contribution in [3.63, 3.8) is 0 Å². The van der Waals surface area contributed by atoms with Crippen molar-refractivity contribution < 1.29 is 14.4 Å². The van der Waals surface area contributed by atoms with Crippen LogP contribution in [0.15, 0.2) is 0 Å². The van der Waals surface area contributed by atoms with Crippen LogP contribution >= 0.6 is 0 Å². The minimum Gasteiger partial charge on any atom is -0.390 e. The smallest absolute Gasteiger partial charge is 0.390 e. The fraction of sp³-hybridized carbons (Fsp3) is 1.00. The SMILES string of the molecule is O[Si](O)(O)CCCNCC1CCCN1. The molecule has 1 atom stereocenters. The molecule has 0 aromatic heterocycles. The Balaban J connectivity index is 1.89. The summed E-state index contributed by atoms with van der Waals surface area (Å²) in [5.74, 6) is 0. The van der Waals surface area contributed by atoms with Gasteiger partial charge in [-0.3, -0.25) is 0 Å². The Morgan fingerprint density at radius 1 is 1.36 bits per heavy atom. The van der Waals surface area contributed by atoms with E-state index in [4.69, 9.17) is 14.4 Å². The van der Waals surface area contributed by atoms with Crippen LogP contribution < -0.4 is 10.6 Å². The van der Waals surface area contributed by atoms with Crippen molar-refractivity contribution in [1.82, 2.24) is 10.6 Å². The highest BCUT2D eigenvalue weighted by atomic mass is 28.4.